The van der Waals surface area contributed by atoms with E-state index in [4.69, 9.17) is 0 Å². The molecule has 24 heavy (non-hydrogen) atoms. The largest absolute Gasteiger partial charge is 0.394 e. The molecule has 2 aromatic heterocycles. The van der Waals surface area contributed by atoms with E-state index in [0.29, 0.717) is 11.1 Å². The first-order valence-electron chi connectivity index (χ1n) is 7.29. The number of benzene rings is 1. The van der Waals surface area contributed by atoms with E-state index in [-0.39, 0.29) is 6.61 Å². The van der Waals surface area contributed by atoms with Crippen LogP contribution in [0.2, 0.25) is 0 Å². The number of nitrogens with zero attached hydrogens (tertiary/aromatic N) is 3. The maximum atomic E-state index is 13.3. The molecule has 0 spiro atoms. The lowest BCUT2D eigenvalue weighted by Crippen LogP contribution is -2.30. The molecule has 1 amide bonds. The van der Waals surface area contributed by atoms with Gasteiger partial charge in [-0.2, -0.15) is 5.10 Å². The molecular weight excluding hydrogens is 311 g/mol. The quantitative estimate of drug-likeness (QED) is 0.750. The van der Waals surface area contributed by atoms with Crippen molar-refractivity contribution < 1.29 is 14.3 Å². The second kappa shape index (κ2) is 7.01. The van der Waals surface area contributed by atoms with Gasteiger partial charge in [0.2, 0.25) is 0 Å². The number of carbonyl (C=O) groups excluding carboxylic acids is 1. The van der Waals surface area contributed by atoms with Crippen LogP contribution in [-0.2, 0) is 0 Å². The Morgan fingerprint density at radius 2 is 2.08 bits per heavy atom. The lowest BCUT2D eigenvalue weighted by Gasteiger charge is -2.16. The average Bonchev–Trinajstić information content (AvgIpc) is 3.10. The van der Waals surface area contributed by atoms with Gasteiger partial charge in [0.15, 0.2) is 0 Å². The van der Waals surface area contributed by atoms with Crippen molar-refractivity contribution >= 4 is 5.91 Å². The van der Waals surface area contributed by atoms with Crippen LogP contribution in [0.4, 0.5) is 4.39 Å². The number of hydrogen-bond acceptors (Lipinski definition) is 4. The Bertz CT molecular complexity index is 835. The van der Waals surface area contributed by atoms with E-state index >= 15 is 0 Å². The zero-order valence-corrected chi connectivity index (χ0v) is 12.6. The predicted molar refractivity (Wildman–Crippen MR) is 85.1 cm³/mol. The number of hydrogen-bond donors (Lipinski definition) is 2. The Morgan fingerprint density at radius 3 is 2.79 bits per heavy atom. The van der Waals surface area contributed by atoms with E-state index in [1.165, 1.54) is 24.4 Å². The number of nitrogens with one attached hydrogen (secondary N) is 1. The first kappa shape index (κ1) is 15.8. The molecule has 6 nitrogen and oxygen atoms in total. The molecule has 0 aliphatic heterocycles. The van der Waals surface area contributed by atoms with Crippen molar-refractivity contribution in [3.05, 3.63) is 78.1 Å². The lowest BCUT2D eigenvalue weighted by molar-refractivity contribution is 0.0916. The van der Waals surface area contributed by atoms with Crippen LogP contribution in [0, 0.1) is 5.82 Å². The summed E-state index contributed by atoms with van der Waals surface area (Å²) in [7, 11) is 0. The van der Waals surface area contributed by atoms with Crippen molar-refractivity contribution in [3.8, 4) is 5.69 Å². The van der Waals surface area contributed by atoms with Gasteiger partial charge in [-0.15, -0.1) is 0 Å². The summed E-state index contributed by atoms with van der Waals surface area (Å²) in [5.41, 5.74) is 1.60. The number of amides is 1. The van der Waals surface area contributed by atoms with E-state index in [1.54, 1.807) is 41.5 Å². The SMILES string of the molecule is O=C(N[C@H](CO)c1cccc(F)c1)c1cnn(-c2ccncc2)c1. The number of halogens is 1. The van der Waals surface area contributed by atoms with E-state index in [9.17, 15) is 14.3 Å². The van der Waals surface area contributed by atoms with Crippen LogP contribution >= 0.6 is 0 Å². The van der Waals surface area contributed by atoms with Crippen molar-refractivity contribution in [2.24, 2.45) is 0 Å². The normalized spacial score (nSPS) is 11.9. The van der Waals surface area contributed by atoms with Gasteiger partial charge in [-0.25, -0.2) is 9.07 Å². The highest BCUT2D eigenvalue weighted by molar-refractivity contribution is 5.94. The summed E-state index contributed by atoms with van der Waals surface area (Å²) >= 11 is 0. The molecule has 3 aromatic rings. The minimum absolute atomic E-state index is 0.335. The van der Waals surface area contributed by atoms with Gasteiger partial charge >= 0.3 is 0 Å². The van der Waals surface area contributed by atoms with Gasteiger partial charge < -0.3 is 10.4 Å². The summed E-state index contributed by atoms with van der Waals surface area (Å²) in [4.78, 5) is 16.3. The van der Waals surface area contributed by atoms with Gasteiger partial charge in [-0.3, -0.25) is 9.78 Å². The monoisotopic (exact) mass is 326 g/mol. The van der Waals surface area contributed by atoms with Crippen molar-refractivity contribution in [1.82, 2.24) is 20.1 Å². The maximum absolute atomic E-state index is 13.3. The summed E-state index contributed by atoms with van der Waals surface area (Å²) in [6.45, 7) is -0.340. The van der Waals surface area contributed by atoms with Crippen LogP contribution < -0.4 is 5.32 Å². The van der Waals surface area contributed by atoms with Crippen LogP contribution in [0.5, 0.6) is 0 Å². The Hall–Kier alpha value is -3.06. The van der Waals surface area contributed by atoms with Gasteiger partial charge in [-0.1, -0.05) is 12.1 Å². The third kappa shape index (κ3) is 3.47. The molecule has 7 heteroatoms. The fraction of sp³-hybridized carbons (Fsp3) is 0.118. The topological polar surface area (TPSA) is 80.0 Å². The van der Waals surface area contributed by atoms with Crippen molar-refractivity contribution in [2.45, 2.75) is 6.04 Å². The summed E-state index contributed by atoms with van der Waals surface area (Å²) in [5, 5.41) is 16.3. The molecule has 3 rings (SSSR count). The highest BCUT2D eigenvalue weighted by atomic mass is 19.1. The molecule has 0 radical (unpaired) electrons. The fourth-order valence-corrected chi connectivity index (χ4v) is 2.28. The van der Waals surface area contributed by atoms with Crippen LogP contribution in [0.25, 0.3) is 5.69 Å². The summed E-state index contributed by atoms with van der Waals surface area (Å²) in [6.07, 6.45) is 6.26. The number of carbonyl (C=O) groups is 1. The minimum Gasteiger partial charge on any atom is -0.394 e. The fourth-order valence-electron chi connectivity index (χ4n) is 2.28. The number of aliphatic hydroxyl groups excluding tert-OH is 1. The van der Waals surface area contributed by atoms with Crippen LogP contribution in [0.3, 0.4) is 0 Å². The number of aromatic nitrogens is 3. The molecule has 0 fully saturated rings. The highest BCUT2D eigenvalue weighted by Crippen LogP contribution is 2.15. The minimum atomic E-state index is -0.697. The zero-order chi connectivity index (χ0) is 16.9. The third-order valence-corrected chi connectivity index (χ3v) is 3.51. The molecule has 0 aliphatic carbocycles. The second-order valence-electron chi connectivity index (χ2n) is 5.14. The van der Waals surface area contributed by atoms with Crippen molar-refractivity contribution in [1.29, 1.82) is 0 Å². The highest BCUT2D eigenvalue weighted by Gasteiger charge is 2.17. The van der Waals surface area contributed by atoms with E-state index < -0.39 is 17.8 Å². The maximum Gasteiger partial charge on any atom is 0.255 e. The second-order valence-corrected chi connectivity index (χ2v) is 5.14. The Balaban J connectivity index is 1.76. The number of rotatable bonds is 5. The first-order valence-corrected chi connectivity index (χ1v) is 7.29. The van der Waals surface area contributed by atoms with E-state index in [1.807, 2.05) is 0 Å². The summed E-state index contributed by atoms with van der Waals surface area (Å²) in [6, 6.07) is 8.58. The summed E-state index contributed by atoms with van der Waals surface area (Å²) < 4.78 is 14.9. The molecule has 1 aromatic carbocycles. The molecule has 0 saturated carbocycles. The molecular formula is C17H15FN4O2. The van der Waals surface area contributed by atoms with Crippen LogP contribution in [0.1, 0.15) is 22.0 Å². The first-order chi connectivity index (χ1) is 11.7. The lowest BCUT2D eigenvalue weighted by atomic mass is 10.1. The van der Waals surface area contributed by atoms with E-state index in [0.717, 1.165) is 5.69 Å². The molecule has 0 saturated heterocycles. The van der Waals surface area contributed by atoms with Gasteiger partial charge in [0.25, 0.3) is 5.91 Å². The third-order valence-electron chi connectivity index (χ3n) is 3.51. The molecule has 2 heterocycles. The van der Waals surface area contributed by atoms with Gasteiger partial charge in [-0.05, 0) is 29.8 Å². The smallest absolute Gasteiger partial charge is 0.255 e. The van der Waals surface area contributed by atoms with Crippen LogP contribution in [-0.4, -0.2) is 32.4 Å². The van der Waals surface area contributed by atoms with Gasteiger partial charge in [0.05, 0.1) is 30.1 Å². The molecule has 0 unspecified atom stereocenters. The molecule has 1 atom stereocenters. The van der Waals surface area contributed by atoms with E-state index in [2.05, 4.69) is 15.4 Å². The van der Waals surface area contributed by atoms with Gasteiger partial charge in [0, 0.05) is 18.6 Å². The molecule has 0 aliphatic rings. The average molecular weight is 326 g/mol. The number of aliphatic hydroxyl groups is 1. The van der Waals surface area contributed by atoms with Crippen molar-refractivity contribution in [2.75, 3.05) is 6.61 Å². The summed E-state index contributed by atoms with van der Waals surface area (Å²) in [5.74, 6) is -0.829. The Morgan fingerprint density at radius 1 is 1.29 bits per heavy atom. The Kier molecular flexibility index (Phi) is 4.62. The van der Waals surface area contributed by atoms with Gasteiger partial charge in [0.1, 0.15) is 5.82 Å². The molecule has 122 valence electrons. The van der Waals surface area contributed by atoms with Crippen molar-refractivity contribution in [3.63, 3.8) is 0 Å². The molecule has 2 N–H and O–H groups in total. The zero-order valence-electron chi connectivity index (χ0n) is 12.6. The molecule has 0 bridgehead atoms. The standard InChI is InChI=1S/C17H15FN4O2/c18-14-3-1-2-12(8-14)16(11-23)21-17(24)13-9-20-22(10-13)15-4-6-19-7-5-15/h1-10,16,23H,11H2,(H,21,24)/t16-/m1/s1. The van der Waals surface area contributed by atoms with Crippen LogP contribution in [0.15, 0.2) is 61.2 Å². The Labute approximate surface area is 137 Å². The number of pyridine rings is 1. The predicted octanol–water partition coefficient (Wildman–Crippen LogP) is 1.87.